The van der Waals surface area contributed by atoms with Crippen molar-refractivity contribution >= 4 is 22.9 Å². The number of amides is 1. The van der Waals surface area contributed by atoms with E-state index in [9.17, 15) is 4.79 Å². The van der Waals surface area contributed by atoms with E-state index < -0.39 is 0 Å². The highest BCUT2D eigenvalue weighted by Gasteiger charge is 2.09. The number of benzene rings is 2. The molecule has 0 atom stereocenters. The number of anilines is 1. The molecule has 0 aliphatic rings. The quantitative estimate of drug-likeness (QED) is 0.676. The number of rotatable bonds is 7. The molecule has 2 aromatic carbocycles. The average molecular weight is 352 g/mol. The van der Waals surface area contributed by atoms with E-state index in [0.717, 1.165) is 16.0 Å². The molecule has 128 valence electrons. The van der Waals surface area contributed by atoms with Crippen molar-refractivity contribution < 1.29 is 9.53 Å². The SMILES string of the molecule is Cc1ccc(OCc2ccccc2)c(NC(=O)CCc2cncs2)c1. The number of hydrogen-bond acceptors (Lipinski definition) is 4. The number of nitrogens with one attached hydrogen (secondary N) is 1. The predicted molar refractivity (Wildman–Crippen MR) is 101 cm³/mol. The van der Waals surface area contributed by atoms with Gasteiger partial charge in [0, 0.05) is 17.5 Å². The summed E-state index contributed by atoms with van der Waals surface area (Å²) in [5.41, 5.74) is 4.66. The van der Waals surface area contributed by atoms with Crippen LogP contribution in [0, 0.1) is 6.92 Å². The summed E-state index contributed by atoms with van der Waals surface area (Å²) in [6.07, 6.45) is 2.93. The van der Waals surface area contributed by atoms with Gasteiger partial charge in [-0.1, -0.05) is 36.4 Å². The first-order valence-corrected chi connectivity index (χ1v) is 9.03. The summed E-state index contributed by atoms with van der Waals surface area (Å²) in [5.74, 6) is 0.657. The monoisotopic (exact) mass is 352 g/mol. The number of thiazole rings is 1. The highest BCUT2D eigenvalue weighted by Crippen LogP contribution is 2.27. The van der Waals surface area contributed by atoms with Gasteiger partial charge in [0.2, 0.25) is 5.91 Å². The number of aromatic nitrogens is 1. The van der Waals surface area contributed by atoms with E-state index in [4.69, 9.17) is 4.74 Å². The molecule has 0 saturated carbocycles. The molecule has 5 heteroatoms. The lowest BCUT2D eigenvalue weighted by atomic mass is 10.2. The van der Waals surface area contributed by atoms with Crippen molar-refractivity contribution in [3.05, 3.63) is 76.2 Å². The zero-order valence-corrected chi connectivity index (χ0v) is 14.9. The molecule has 25 heavy (non-hydrogen) atoms. The van der Waals surface area contributed by atoms with Gasteiger partial charge in [-0.05, 0) is 36.6 Å². The van der Waals surface area contributed by atoms with E-state index in [-0.39, 0.29) is 5.91 Å². The number of carbonyl (C=O) groups excluding carboxylic acids is 1. The maximum atomic E-state index is 12.3. The standard InChI is InChI=1S/C20H20N2O2S/c1-15-7-9-19(24-13-16-5-3-2-4-6-16)18(11-15)22-20(23)10-8-17-12-21-14-25-17/h2-7,9,11-12,14H,8,10,13H2,1H3,(H,22,23). The van der Waals surface area contributed by atoms with Gasteiger partial charge in [-0.3, -0.25) is 9.78 Å². The van der Waals surface area contributed by atoms with Crippen molar-refractivity contribution in [2.45, 2.75) is 26.4 Å². The van der Waals surface area contributed by atoms with Crippen LogP contribution in [-0.4, -0.2) is 10.9 Å². The van der Waals surface area contributed by atoms with Crippen molar-refractivity contribution in [2.24, 2.45) is 0 Å². The van der Waals surface area contributed by atoms with Gasteiger partial charge >= 0.3 is 0 Å². The van der Waals surface area contributed by atoms with Gasteiger partial charge in [-0.15, -0.1) is 11.3 Å². The van der Waals surface area contributed by atoms with Gasteiger partial charge in [0.1, 0.15) is 12.4 Å². The predicted octanol–water partition coefficient (Wildman–Crippen LogP) is 4.60. The minimum Gasteiger partial charge on any atom is -0.487 e. The third-order valence-corrected chi connectivity index (χ3v) is 4.57. The molecular formula is C20H20N2O2S. The molecule has 4 nitrogen and oxygen atoms in total. The summed E-state index contributed by atoms with van der Waals surface area (Å²) < 4.78 is 5.91. The summed E-state index contributed by atoms with van der Waals surface area (Å²) in [7, 11) is 0. The highest BCUT2D eigenvalue weighted by atomic mass is 32.1. The Kier molecular flexibility index (Phi) is 5.80. The highest BCUT2D eigenvalue weighted by molar-refractivity contribution is 7.09. The first-order chi connectivity index (χ1) is 12.2. The molecule has 0 unspecified atom stereocenters. The summed E-state index contributed by atoms with van der Waals surface area (Å²) in [5, 5.41) is 2.97. The van der Waals surface area contributed by atoms with Gasteiger partial charge in [0.25, 0.3) is 0 Å². The molecule has 3 rings (SSSR count). The molecule has 1 amide bonds. The first-order valence-electron chi connectivity index (χ1n) is 8.15. The molecule has 0 fully saturated rings. The Morgan fingerprint density at radius 3 is 2.80 bits per heavy atom. The summed E-state index contributed by atoms with van der Waals surface area (Å²) in [6.45, 7) is 2.46. The molecule has 0 saturated heterocycles. The second kappa shape index (κ2) is 8.44. The molecule has 0 spiro atoms. The fourth-order valence-corrected chi connectivity index (χ4v) is 3.02. The average Bonchev–Trinajstić information content (AvgIpc) is 3.14. The Balaban J connectivity index is 1.63. The van der Waals surface area contributed by atoms with Crippen molar-refractivity contribution in [3.63, 3.8) is 0 Å². The number of ether oxygens (including phenoxy) is 1. The summed E-state index contributed by atoms with van der Waals surface area (Å²) in [6, 6.07) is 15.8. The lowest BCUT2D eigenvalue weighted by molar-refractivity contribution is -0.116. The number of hydrogen-bond donors (Lipinski definition) is 1. The van der Waals surface area contributed by atoms with Crippen molar-refractivity contribution in [3.8, 4) is 5.75 Å². The number of nitrogens with zero attached hydrogens (tertiary/aromatic N) is 1. The van der Waals surface area contributed by atoms with E-state index >= 15 is 0 Å². The Hall–Kier alpha value is -2.66. The van der Waals surface area contributed by atoms with E-state index in [0.29, 0.717) is 30.9 Å². The van der Waals surface area contributed by atoms with Crippen LogP contribution in [0.1, 0.15) is 22.4 Å². The zero-order chi connectivity index (χ0) is 17.5. The third-order valence-electron chi connectivity index (χ3n) is 3.73. The fourth-order valence-electron chi connectivity index (χ4n) is 2.42. The maximum absolute atomic E-state index is 12.3. The van der Waals surface area contributed by atoms with Gasteiger partial charge in [0.05, 0.1) is 11.2 Å². The maximum Gasteiger partial charge on any atom is 0.224 e. The van der Waals surface area contributed by atoms with Gasteiger partial charge in [0.15, 0.2) is 0 Å². The number of carbonyl (C=O) groups is 1. The Labute approximate surface area is 151 Å². The van der Waals surface area contributed by atoms with Crippen LogP contribution >= 0.6 is 11.3 Å². The smallest absolute Gasteiger partial charge is 0.224 e. The van der Waals surface area contributed by atoms with E-state index in [1.165, 1.54) is 0 Å². The molecule has 0 radical (unpaired) electrons. The minimum atomic E-state index is -0.0245. The third kappa shape index (κ3) is 5.16. The van der Waals surface area contributed by atoms with Crippen LogP contribution in [0.15, 0.2) is 60.2 Å². The van der Waals surface area contributed by atoms with Gasteiger partial charge in [-0.25, -0.2) is 0 Å². The van der Waals surface area contributed by atoms with Crippen LogP contribution in [0.4, 0.5) is 5.69 Å². The Morgan fingerprint density at radius 1 is 1.20 bits per heavy atom. The zero-order valence-electron chi connectivity index (χ0n) is 14.1. The molecule has 1 aromatic heterocycles. The van der Waals surface area contributed by atoms with Crippen LogP contribution < -0.4 is 10.1 Å². The van der Waals surface area contributed by atoms with Gasteiger partial charge < -0.3 is 10.1 Å². The van der Waals surface area contributed by atoms with Crippen LogP contribution in [-0.2, 0) is 17.8 Å². The molecule has 3 aromatic rings. The van der Waals surface area contributed by atoms with Crippen LogP contribution in [0.2, 0.25) is 0 Å². The lowest BCUT2D eigenvalue weighted by Crippen LogP contribution is -2.13. The minimum absolute atomic E-state index is 0.0245. The Morgan fingerprint density at radius 2 is 2.04 bits per heavy atom. The lowest BCUT2D eigenvalue weighted by Gasteiger charge is -2.13. The molecule has 0 aliphatic heterocycles. The largest absolute Gasteiger partial charge is 0.487 e. The van der Waals surface area contributed by atoms with Crippen LogP contribution in [0.5, 0.6) is 5.75 Å². The molecule has 0 aliphatic carbocycles. The fraction of sp³-hybridized carbons (Fsp3) is 0.200. The Bertz CT molecular complexity index is 817. The number of aryl methyl sites for hydroxylation is 2. The normalized spacial score (nSPS) is 10.4. The summed E-state index contributed by atoms with van der Waals surface area (Å²) >= 11 is 1.57. The molecule has 1 heterocycles. The van der Waals surface area contributed by atoms with E-state index in [1.54, 1.807) is 23.0 Å². The molecular weight excluding hydrogens is 332 g/mol. The van der Waals surface area contributed by atoms with E-state index in [2.05, 4.69) is 10.3 Å². The first kappa shape index (κ1) is 17.2. The molecule has 1 N–H and O–H groups in total. The second-order valence-corrected chi connectivity index (χ2v) is 6.76. The van der Waals surface area contributed by atoms with Gasteiger partial charge in [-0.2, -0.15) is 0 Å². The van der Waals surface area contributed by atoms with Crippen molar-refractivity contribution in [2.75, 3.05) is 5.32 Å². The summed E-state index contributed by atoms with van der Waals surface area (Å²) in [4.78, 5) is 17.4. The molecule has 0 bridgehead atoms. The second-order valence-electron chi connectivity index (χ2n) is 5.79. The van der Waals surface area contributed by atoms with E-state index in [1.807, 2.05) is 55.5 Å². The van der Waals surface area contributed by atoms with Crippen LogP contribution in [0.25, 0.3) is 0 Å². The van der Waals surface area contributed by atoms with Crippen LogP contribution in [0.3, 0.4) is 0 Å². The van der Waals surface area contributed by atoms with Crippen molar-refractivity contribution in [1.29, 1.82) is 0 Å². The topological polar surface area (TPSA) is 51.2 Å². The van der Waals surface area contributed by atoms with Crippen molar-refractivity contribution in [1.82, 2.24) is 4.98 Å².